The number of hydrogen-bond acceptors (Lipinski definition) is 3. The lowest BCUT2D eigenvalue weighted by molar-refractivity contribution is -0.151. The van der Waals surface area contributed by atoms with Gasteiger partial charge in [-0.1, -0.05) is 13.8 Å². The number of carboxylic acids is 1. The fourth-order valence-corrected chi connectivity index (χ4v) is 2.12. The molecule has 1 aliphatic carbocycles. The third kappa shape index (κ3) is 5.71. The van der Waals surface area contributed by atoms with Gasteiger partial charge in [-0.15, -0.1) is 0 Å². The van der Waals surface area contributed by atoms with Crippen molar-refractivity contribution in [2.24, 2.45) is 5.41 Å². The fourth-order valence-electron chi connectivity index (χ4n) is 2.12. The summed E-state index contributed by atoms with van der Waals surface area (Å²) in [7, 11) is 0. The molecule has 0 atom stereocenters. The molecule has 17 heavy (non-hydrogen) atoms. The first-order valence-corrected chi connectivity index (χ1v) is 6.30. The second kappa shape index (κ2) is 6.03. The van der Waals surface area contributed by atoms with Gasteiger partial charge in [-0.25, -0.2) is 0 Å². The van der Waals surface area contributed by atoms with E-state index in [4.69, 9.17) is 9.84 Å². The quantitative estimate of drug-likeness (QED) is 0.753. The Balaban J connectivity index is 2.17. The monoisotopic (exact) mass is 242 g/mol. The molecule has 1 fully saturated rings. The standard InChI is InChI=1S/C13H22O4/c1-13(2)8-6-10(7-9-13)17-12(16)5-3-4-11(14)15/h10H,3-9H2,1-2H3,(H,14,15). The van der Waals surface area contributed by atoms with E-state index in [-0.39, 0.29) is 24.9 Å². The highest BCUT2D eigenvalue weighted by atomic mass is 16.5. The van der Waals surface area contributed by atoms with Crippen molar-refractivity contribution in [1.82, 2.24) is 0 Å². The van der Waals surface area contributed by atoms with Crippen LogP contribution in [0.4, 0.5) is 0 Å². The zero-order valence-electron chi connectivity index (χ0n) is 10.7. The molecule has 0 aromatic heterocycles. The van der Waals surface area contributed by atoms with Crippen LogP contribution in [-0.4, -0.2) is 23.1 Å². The summed E-state index contributed by atoms with van der Waals surface area (Å²) in [5.74, 6) is -1.12. The maximum atomic E-state index is 11.4. The van der Waals surface area contributed by atoms with Crippen molar-refractivity contribution in [2.45, 2.75) is 64.9 Å². The molecule has 1 N–H and O–H groups in total. The Morgan fingerprint density at radius 1 is 1.24 bits per heavy atom. The van der Waals surface area contributed by atoms with Crippen molar-refractivity contribution in [3.8, 4) is 0 Å². The van der Waals surface area contributed by atoms with Gasteiger partial charge in [0.1, 0.15) is 6.10 Å². The van der Waals surface area contributed by atoms with Crippen LogP contribution < -0.4 is 0 Å². The Labute approximate surface area is 102 Å². The highest BCUT2D eigenvalue weighted by molar-refractivity contribution is 5.71. The van der Waals surface area contributed by atoms with Gasteiger partial charge in [0.15, 0.2) is 0 Å². The zero-order valence-corrected chi connectivity index (χ0v) is 10.7. The van der Waals surface area contributed by atoms with E-state index in [0.29, 0.717) is 11.8 Å². The predicted octanol–water partition coefficient (Wildman–Crippen LogP) is 2.75. The van der Waals surface area contributed by atoms with Crippen LogP contribution in [0.2, 0.25) is 0 Å². The first-order valence-electron chi connectivity index (χ1n) is 6.30. The van der Waals surface area contributed by atoms with Gasteiger partial charge in [0.05, 0.1) is 0 Å². The molecular weight excluding hydrogens is 220 g/mol. The third-order valence-corrected chi connectivity index (χ3v) is 3.36. The summed E-state index contributed by atoms with van der Waals surface area (Å²) < 4.78 is 5.33. The molecule has 0 saturated heterocycles. The topological polar surface area (TPSA) is 63.6 Å². The van der Waals surface area contributed by atoms with Crippen molar-refractivity contribution >= 4 is 11.9 Å². The van der Waals surface area contributed by atoms with Crippen molar-refractivity contribution in [1.29, 1.82) is 0 Å². The second-order valence-electron chi connectivity index (χ2n) is 5.60. The van der Waals surface area contributed by atoms with Crippen molar-refractivity contribution in [2.75, 3.05) is 0 Å². The van der Waals surface area contributed by atoms with Gasteiger partial charge < -0.3 is 9.84 Å². The molecule has 0 aromatic carbocycles. The SMILES string of the molecule is CC1(C)CCC(OC(=O)CCCC(=O)O)CC1. The molecule has 0 unspecified atom stereocenters. The molecule has 1 rings (SSSR count). The van der Waals surface area contributed by atoms with Crippen molar-refractivity contribution < 1.29 is 19.4 Å². The van der Waals surface area contributed by atoms with Crippen LogP contribution in [0.1, 0.15) is 58.8 Å². The molecule has 0 aromatic rings. The van der Waals surface area contributed by atoms with E-state index in [1.54, 1.807) is 0 Å². The summed E-state index contributed by atoms with van der Waals surface area (Å²) in [6.45, 7) is 4.47. The Hall–Kier alpha value is -1.06. The first kappa shape index (κ1) is 14.0. The smallest absolute Gasteiger partial charge is 0.306 e. The lowest BCUT2D eigenvalue weighted by Gasteiger charge is -2.33. The predicted molar refractivity (Wildman–Crippen MR) is 63.6 cm³/mol. The average molecular weight is 242 g/mol. The number of esters is 1. The minimum atomic E-state index is -0.864. The van der Waals surface area contributed by atoms with Crippen molar-refractivity contribution in [3.05, 3.63) is 0 Å². The zero-order chi connectivity index (χ0) is 12.9. The van der Waals surface area contributed by atoms with E-state index >= 15 is 0 Å². The van der Waals surface area contributed by atoms with Crippen LogP contribution >= 0.6 is 0 Å². The molecule has 4 heteroatoms. The summed E-state index contributed by atoms with van der Waals surface area (Å²) in [5.41, 5.74) is 0.367. The highest BCUT2D eigenvalue weighted by Crippen LogP contribution is 2.36. The molecule has 0 aliphatic heterocycles. The minimum Gasteiger partial charge on any atom is -0.481 e. The molecule has 4 nitrogen and oxygen atoms in total. The molecule has 0 bridgehead atoms. The number of carbonyl (C=O) groups is 2. The summed E-state index contributed by atoms with van der Waals surface area (Å²) in [6.07, 6.45) is 4.68. The molecule has 0 heterocycles. The summed E-state index contributed by atoms with van der Waals surface area (Å²) in [6, 6.07) is 0. The van der Waals surface area contributed by atoms with Gasteiger partial charge in [0.2, 0.25) is 0 Å². The lowest BCUT2D eigenvalue weighted by atomic mass is 9.76. The van der Waals surface area contributed by atoms with E-state index in [9.17, 15) is 9.59 Å². The molecule has 0 spiro atoms. The van der Waals surface area contributed by atoms with E-state index in [2.05, 4.69) is 13.8 Å². The van der Waals surface area contributed by atoms with E-state index in [1.807, 2.05) is 0 Å². The summed E-state index contributed by atoms with van der Waals surface area (Å²) >= 11 is 0. The van der Waals surface area contributed by atoms with Gasteiger partial charge >= 0.3 is 11.9 Å². The number of carboxylic acid groups (broad SMARTS) is 1. The molecule has 1 aliphatic rings. The molecular formula is C13H22O4. The molecule has 1 saturated carbocycles. The van der Waals surface area contributed by atoms with Crippen LogP contribution in [0.5, 0.6) is 0 Å². The minimum absolute atomic E-state index is 0.0345. The van der Waals surface area contributed by atoms with Crippen LogP contribution in [0.15, 0.2) is 0 Å². The lowest BCUT2D eigenvalue weighted by Crippen LogP contribution is -2.28. The van der Waals surface area contributed by atoms with Crippen LogP contribution in [0.3, 0.4) is 0 Å². The largest absolute Gasteiger partial charge is 0.481 e. The average Bonchev–Trinajstić information content (AvgIpc) is 2.21. The van der Waals surface area contributed by atoms with Gasteiger partial charge in [0.25, 0.3) is 0 Å². The van der Waals surface area contributed by atoms with Gasteiger partial charge in [-0.3, -0.25) is 9.59 Å². The number of rotatable bonds is 5. The van der Waals surface area contributed by atoms with Crippen molar-refractivity contribution in [3.63, 3.8) is 0 Å². The second-order valence-corrected chi connectivity index (χ2v) is 5.60. The Bertz CT molecular complexity index is 273. The van der Waals surface area contributed by atoms with Crippen LogP contribution in [0.25, 0.3) is 0 Å². The molecule has 0 radical (unpaired) electrons. The summed E-state index contributed by atoms with van der Waals surface area (Å²) in [4.78, 5) is 21.7. The summed E-state index contributed by atoms with van der Waals surface area (Å²) in [5, 5.41) is 8.45. The fraction of sp³-hybridized carbons (Fsp3) is 0.846. The van der Waals surface area contributed by atoms with Crippen LogP contribution in [0, 0.1) is 5.41 Å². The maximum absolute atomic E-state index is 11.4. The number of aliphatic carboxylic acids is 1. The Morgan fingerprint density at radius 3 is 2.35 bits per heavy atom. The van der Waals surface area contributed by atoms with Crippen LogP contribution in [-0.2, 0) is 14.3 Å². The maximum Gasteiger partial charge on any atom is 0.306 e. The molecule has 98 valence electrons. The van der Waals surface area contributed by atoms with Gasteiger partial charge in [0, 0.05) is 12.8 Å². The van der Waals surface area contributed by atoms with E-state index in [0.717, 1.165) is 25.7 Å². The number of hydrogen-bond donors (Lipinski definition) is 1. The normalized spacial score (nSPS) is 19.9. The Kier molecular flexibility index (Phi) is 4.97. The Morgan fingerprint density at radius 2 is 1.82 bits per heavy atom. The van der Waals surface area contributed by atoms with Gasteiger partial charge in [-0.2, -0.15) is 0 Å². The first-order chi connectivity index (χ1) is 7.89. The molecule has 0 amide bonds. The number of carbonyl (C=O) groups excluding carboxylic acids is 1. The van der Waals surface area contributed by atoms with E-state index in [1.165, 1.54) is 0 Å². The van der Waals surface area contributed by atoms with Gasteiger partial charge in [-0.05, 0) is 37.5 Å². The van der Waals surface area contributed by atoms with E-state index < -0.39 is 5.97 Å². The number of ether oxygens (including phenoxy) is 1. The highest BCUT2D eigenvalue weighted by Gasteiger charge is 2.28. The third-order valence-electron chi connectivity index (χ3n) is 3.36.